The lowest BCUT2D eigenvalue weighted by atomic mass is 10.1. The number of azo groups is 1. The average Bonchev–Trinajstić information content (AvgIpc) is 2.87. The van der Waals surface area contributed by atoms with Crippen LogP contribution in [0.2, 0.25) is 5.02 Å². The molecule has 0 bridgehead atoms. The van der Waals surface area contributed by atoms with Crippen LogP contribution in [0.3, 0.4) is 0 Å². The summed E-state index contributed by atoms with van der Waals surface area (Å²) < 4.78 is 0. The molecule has 1 fully saturated rings. The third-order valence-corrected chi connectivity index (χ3v) is 3.51. The van der Waals surface area contributed by atoms with E-state index in [-0.39, 0.29) is 11.8 Å². The summed E-state index contributed by atoms with van der Waals surface area (Å²) >= 11 is 5.87. The molecule has 1 aromatic rings. The van der Waals surface area contributed by atoms with Crippen molar-refractivity contribution in [2.24, 2.45) is 16.1 Å². The molecule has 2 aliphatic rings. The second kappa shape index (κ2) is 3.88. The predicted molar refractivity (Wildman–Crippen MR) is 65.7 cm³/mol. The summed E-state index contributed by atoms with van der Waals surface area (Å²) in [6.45, 7) is 2.12. The van der Waals surface area contributed by atoms with E-state index >= 15 is 0 Å². The second-order valence-electron chi connectivity index (χ2n) is 4.43. The molecule has 0 spiro atoms. The first-order valence-electron chi connectivity index (χ1n) is 5.60. The van der Waals surface area contributed by atoms with E-state index in [1.807, 2.05) is 6.92 Å². The topological polar surface area (TPSA) is 62.1 Å². The van der Waals surface area contributed by atoms with Crippen molar-refractivity contribution < 1.29 is 9.59 Å². The molecule has 18 heavy (non-hydrogen) atoms. The van der Waals surface area contributed by atoms with Crippen molar-refractivity contribution in [2.45, 2.75) is 13.0 Å². The van der Waals surface area contributed by atoms with Gasteiger partial charge in [0.25, 0.3) is 5.91 Å². The molecule has 2 aliphatic heterocycles. The monoisotopic (exact) mass is 263 g/mol. The SMILES string of the molecule is Cc1cc(Cl)ccc1N1C(=O)[C@H]2CN=N[C@H]2C1=O. The van der Waals surface area contributed by atoms with Gasteiger partial charge in [0.15, 0.2) is 6.04 Å². The van der Waals surface area contributed by atoms with E-state index in [2.05, 4.69) is 10.2 Å². The molecule has 1 aromatic carbocycles. The van der Waals surface area contributed by atoms with Crippen LogP contribution in [0.25, 0.3) is 0 Å². The minimum atomic E-state index is -0.632. The highest BCUT2D eigenvalue weighted by Gasteiger charge is 2.51. The van der Waals surface area contributed by atoms with E-state index < -0.39 is 12.0 Å². The zero-order chi connectivity index (χ0) is 12.9. The first kappa shape index (κ1) is 11.3. The van der Waals surface area contributed by atoms with Crippen LogP contribution in [-0.2, 0) is 9.59 Å². The Hall–Kier alpha value is -1.75. The number of carbonyl (C=O) groups excluding carboxylic acids is 2. The van der Waals surface area contributed by atoms with Crippen LogP contribution < -0.4 is 4.90 Å². The van der Waals surface area contributed by atoms with Crippen molar-refractivity contribution in [2.75, 3.05) is 11.4 Å². The van der Waals surface area contributed by atoms with Crippen LogP contribution in [0.4, 0.5) is 5.69 Å². The maximum atomic E-state index is 12.2. The molecule has 0 radical (unpaired) electrons. The number of fused-ring (bicyclic) bond motifs is 1. The quantitative estimate of drug-likeness (QED) is 0.727. The molecule has 2 amide bonds. The highest BCUT2D eigenvalue weighted by molar-refractivity contribution is 6.31. The van der Waals surface area contributed by atoms with Gasteiger partial charge < -0.3 is 0 Å². The van der Waals surface area contributed by atoms with Gasteiger partial charge in [-0.05, 0) is 30.7 Å². The summed E-state index contributed by atoms with van der Waals surface area (Å²) in [7, 11) is 0. The molecule has 0 saturated carbocycles. The molecule has 6 heteroatoms. The van der Waals surface area contributed by atoms with E-state index in [4.69, 9.17) is 11.6 Å². The van der Waals surface area contributed by atoms with E-state index in [0.717, 1.165) is 5.56 Å². The minimum absolute atomic E-state index is 0.222. The van der Waals surface area contributed by atoms with Crippen LogP contribution in [0.1, 0.15) is 5.56 Å². The first-order chi connectivity index (χ1) is 8.59. The highest BCUT2D eigenvalue weighted by Crippen LogP contribution is 2.34. The van der Waals surface area contributed by atoms with Crippen molar-refractivity contribution in [1.82, 2.24) is 0 Å². The Labute approximate surface area is 108 Å². The van der Waals surface area contributed by atoms with Gasteiger partial charge in [0, 0.05) is 5.02 Å². The third-order valence-electron chi connectivity index (χ3n) is 3.28. The Morgan fingerprint density at radius 1 is 1.33 bits per heavy atom. The van der Waals surface area contributed by atoms with E-state index in [1.54, 1.807) is 18.2 Å². The number of hydrogen-bond acceptors (Lipinski definition) is 4. The molecule has 3 rings (SSSR count). The van der Waals surface area contributed by atoms with E-state index in [1.165, 1.54) is 4.90 Å². The van der Waals surface area contributed by atoms with Crippen molar-refractivity contribution >= 4 is 29.1 Å². The molecule has 2 atom stereocenters. The summed E-state index contributed by atoms with van der Waals surface area (Å²) in [5.41, 5.74) is 1.38. The molecule has 2 heterocycles. The highest BCUT2D eigenvalue weighted by atomic mass is 35.5. The zero-order valence-electron chi connectivity index (χ0n) is 9.63. The van der Waals surface area contributed by atoms with E-state index in [9.17, 15) is 9.59 Å². The minimum Gasteiger partial charge on any atom is -0.274 e. The largest absolute Gasteiger partial charge is 0.274 e. The fourth-order valence-corrected chi connectivity index (χ4v) is 2.58. The fourth-order valence-electron chi connectivity index (χ4n) is 2.35. The molecule has 5 nitrogen and oxygen atoms in total. The van der Waals surface area contributed by atoms with Gasteiger partial charge in [-0.3, -0.25) is 9.59 Å². The molecule has 0 aromatic heterocycles. The van der Waals surface area contributed by atoms with Gasteiger partial charge in [-0.25, -0.2) is 4.90 Å². The Bertz CT molecular complexity index is 585. The Balaban J connectivity index is 2.04. The number of halogens is 1. The maximum Gasteiger partial charge on any atom is 0.261 e. The standard InChI is InChI=1S/C12H10ClN3O2/c1-6-4-7(13)2-3-9(6)16-11(17)8-5-14-15-10(8)12(16)18/h2-4,8,10H,5H2,1H3/t8-,10+/m0/s1. The number of nitrogens with zero attached hydrogens (tertiary/aromatic N) is 3. The summed E-state index contributed by atoms with van der Waals surface area (Å²) in [6, 6.07) is 4.45. The number of hydrogen-bond donors (Lipinski definition) is 0. The van der Waals surface area contributed by atoms with Crippen LogP contribution in [0.5, 0.6) is 0 Å². The van der Waals surface area contributed by atoms with Gasteiger partial charge in [-0.1, -0.05) is 11.6 Å². The number of rotatable bonds is 1. The predicted octanol–water partition coefficient (Wildman–Crippen LogP) is 1.97. The van der Waals surface area contributed by atoms with Crippen LogP contribution in [0.15, 0.2) is 28.4 Å². The van der Waals surface area contributed by atoms with E-state index in [0.29, 0.717) is 17.3 Å². The molecule has 0 unspecified atom stereocenters. The molecular weight excluding hydrogens is 254 g/mol. The molecule has 1 saturated heterocycles. The van der Waals surface area contributed by atoms with Crippen molar-refractivity contribution in [1.29, 1.82) is 0 Å². The smallest absolute Gasteiger partial charge is 0.261 e. The molecule has 0 aliphatic carbocycles. The van der Waals surface area contributed by atoms with Gasteiger partial charge in [-0.15, -0.1) is 0 Å². The summed E-state index contributed by atoms with van der Waals surface area (Å²) in [4.78, 5) is 25.5. The normalized spacial score (nSPS) is 26.0. The summed E-state index contributed by atoms with van der Waals surface area (Å²) in [5.74, 6) is -0.940. The Kier molecular flexibility index (Phi) is 2.45. The number of benzene rings is 1. The number of anilines is 1. The fraction of sp³-hybridized carbons (Fsp3) is 0.333. The first-order valence-corrected chi connectivity index (χ1v) is 5.98. The Morgan fingerprint density at radius 3 is 2.78 bits per heavy atom. The maximum absolute atomic E-state index is 12.2. The third kappa shape index (κ3) is 1.47. The van der Waals surface area contributed by atoms with Gasteiger partial charge in [0.2, 0.25) is 5.91 Å². The van der Waals surface area contributed by atoms with Crippen molar-refractivity contribution in [3.05, 3.63) is 28.8 Å². The van der Waals surface area contributed by atoms with Gasteiger partial charge in [0.05, 0.1) is 18.2 Å². The average molecular weight is 264 g/mol. The molecule has 92 valence electrons. The zero-order valence-corrected chi connectivity index (χ0v) is 10.4. The van der Waals surface area contributed by atoms with Crippen molar-refractivity contribution in [3.63, 3.8) is 0 Å². The number of amides is 2. The van der Waals surface area contributed by atoms with Crippen LogP contribution in [0, 0.1) is 12.8 Å². The molecule has 0 N–H and O–H groups in total. The lowest BCUT2D eigenvalue weighted by Crippen LogP contribution is -2.32. The summed E-state index contributed by atoms with van der Waals surface area (Å²) in [6.07, 6.45) is 0. The Morgan fingerprint density at radius 2 is 2.11 bits per heavy atom. The lowest BCUT2D eigenvalue weighted by Gasteiger charge is -2.17. The summed E-state index contributed by atoms with van der Waals surface area (Å²) in [5, 5.41) is 8.19. The molecular formula is C12H10ClN3O2. The number of imide groups is 1. The number of aryl methyl sites for hydroxylation is 1. The van der Waals surface area contributed by atoms with Crippen LogP contribution >= 0.6 is 11.6 Å². The van der Waals surface area contributed by atoms with Gasteiger partial charge >= 0.3 is 0 Å². The van der Waals surface area contributed by atoms with Crippen molar-refractivity contribution in [3.8, 4) is 0 Å². The van der Waals surface area contributed by atoms with Gasteiger partial charge in [0.1, 0.15) is 0 Å². The van der Waals surface area contributed by atoms with Gasteiger partial charge in [-0.2, -0.15) is 10.2 Å². The number of carbonyl (C=O) groups is 2. The van der Waals surface area contributed by atoms with Crippen LogP contribution in [-0.4, -0.2) is 24.4 Å². The lowest BCUT2D eigenvalue weighted by molar-refractivity contribution is -0.122. The second-order valence-corrected chi connectivity index (χ2v) is 4.87.